The highest BCUT2D eigenvalue weighted by molar-refractivity contribution is 7.92. The van der Waals surface area contributed by atoms with Crippen molar-refractivity contribution < 1.29 is 22.7 Å². The second kappa shape index (κ2) is 13.5. The van der Waals surface area contributed by atoms with Gasteiger partial charge in [0.05, 0.1) is 17.7 Å². The number of benzene rings is 3. The zero-order valence-corrected chi connectivity index (χ0v) is 24.9. The monoisotopic (exact) mass is 565 g/mol. The minimum absolute atomic E-state index is 0.0247. The van der Waals surface area contributed by atoms with Crippen molar-refractivity contribution in [3.05, 3.63) is 89.5 Å². The summed E-state index contributed by atoms with van der Waals surface area (Å²) >= 11 is 0. The van der Waals surface area contributed by atoms with Crippen LogP contribution in [0.15, 0.2) is 77.7 Å². The first-order valence-electron chi connectivity index (χ1n) is 13.4. The van der Waals surface area contributed by atoms with Crippen LogP contribution in [-0.4, -0.2) is 50.9 Å². The molecule has 1 atom stereocenters. The molecule has 0 spiro atoms. The van der Waals surface area contributed by atoms with E-state index in [9.17, 15) is 18.0 Å². The Morgan fingerprint density at radius 3 is 2.10 bits per heavy atom. The van der Waals surface area contributed by atoms with E-state index in [0.717, 1.165) is 21.0 Å². The molecule has 9 heteroatoms. The molecule has 0 aliphatic carbocycles. The lowest BCUT2D eigenvalue weighted by atomic mass is 10.1. The van der Waals surface area contributed by atoms with Crippen molar-refractivity contribution in [3.63, 3.8) is 0 Å². The Morgan fingerprint density at radius 1 is 0.925 bits per heavy atom. The Hall–Kier alpha value is -3.85. The number of anilines is 1. The molecule has 0 aliphatic rings. The summed E-state index contributed by atoms with van der Waals surface area (Å²) in [5.74, 6) is -0.241. The average Bonchev–Trinajstić information content (AvgIpc) is 2.92. The molecule has 0 aromatic heterocycles. The summed E-state index contributed by atoms with van der Waals surface area (Å²) in [4.78, 5) is 28.8. The van der Waals surface area contributed by atoms with Crippen molar-refractivity contribution in [2.24, 2.45) is 0 Å². The summed E-state index contributed by atoms with van der Waals surface area (Å²) in [6.07, 6.45) is 0.367. The standard InChI is InChI=1S/C31H39N3O5S/c1-7-29(31(36)32-22(2)3)33(20-25-11-9-8-10-24(25)5)30(35)21-34(26-14-12-23(4)13-15-26)40(37,38)28-18-16-27(39-6)17-19-28/h8-19,22,29H,7,20-21H2,1-6H3,(H,32,36)/t29-/m0/s1. The van der Waals surface area contributed by atoms with Gasteiger partial charge < -0.3 is 15.0 Å². The average molecular weight is 566 g/mol. The molecule has 1 N–H and O–H groups in total. The van der Waals surface area contributed by atoms with Crippen LogP contribution in [0.25, 0.3) is 0 Å². The smallest absolute Gasteiger partial charge is 0.264 e. The van der Waals surface area contributed by atoms with Gasteiger partial charge in [0.25, 0.3) is 10.0 Å². The molecule has 0 aliphatic heterocycles. The third kappa shape index (κ3) is 7.41. The number of nitrogens with one attached hydrogen (secondary N) is 1. The molecule has 2 amide bonds. The summed E-state index contributed by atoms with van der Waals surface area (Å²) in [6, 6.07) is 19.7. The minimum Gasteiger partial charge on any atom is -0.497 e. The molecule has 0 saturated heterocycles. The maximum atomic E-state index is 14.1. The third-order valence-corrected chi connectivity index (χ3v) is 8.46. The maximum Gasteiger partial charge on any atom is 0.264 e. The van der Waals surface area contributed by atoms with Gasteiger partial charge in [0, 0.05) is 12.6 Å². The summed E-state index contributed by atoms with van der Waals surface area (Å²) in [6.45, 7) is 9.10. The van der Waals surface area contributed by atoms with Crippen LogP contribution in [0.3, 0.4) is 0 Å². The number of carbonyl (C=O) groups is 2. The quantitative estimate of drug-likeness (QED) is 0.339. The number of hydrogen-bond acceptors (Lipinski definition) is 5. The Morgan fingerprint density at radius 2 is 1.55 bits per heavy atom. The third-order valence-electron chi connectivity index (χ3n) is 6.67. The van der Waals surface area contributed by atoms with E-state index in [1.54, 1.807) is 36.4 Å². The fraction of sp³-hybridized carbons (Fsp3) is 0.355. The predicted molar refractivity (Wildman–Crippen MR) is 158 cm³/mol. The van der Waals surface area contributed by atoms with Crippen molar-refractivity contribution >= 4 is 27.5 Å². The molecular weight excluding hydrogens is 526 g/mol. The van der Waals surface area contributed by atoms with Crippen LogP contribution in [0.1, 0.15) is 43.9 Å². The highest BCUT2D eigenvalue weighted by atomic mass is 32.2. The molecule has 0 unspecified atom stereocenters. The van der Waals surface area contributed by atoms with Crippen molar-refractivity contribution in [2.45, 2.75) is 64.6 Å². The number of carbonyl (C=O) groups excluding carboxylic acids is 2. The van der Waals surface area contributed by atoms with Gasteiger partial charge in [0.1, 0.15) is 18.3 Å². The molecule has 214 valence electrons. The van der Waals surface area contributed by atoms with Gasteiger partial charge in [0.15, 0.2) is 0 Å². The SMILES string of the molecule is CC[C@@H](C(=O)NC(C)C)N(Cc1ccccc1C)C(=O)CN(c1ccc(C)cc1)S(=O)(=O)c1ccc(OC)cc1. The maximum absolute atomic E-state index is 14.1. The lowest BCUT2D eigenvalue weighted by molar-refractivity contribution is -0.140. The van der Waals surface area contributed by atoms with Crippen LogP contribution >= 0.6 is 0 Å². The van der Waals surface area contributed by atoms with Gasteiger partial charge in [-0.25, -0.2) is 8.42 Å². The number of hydrogen-bond donors (Lipinski definition) is 1. The first kappa shape index (κ1) is 30.7. The number of nitrogens with zero attached hydrogens (tertiary/aromatic N) is 2. The Bertz CT molecular complexity index is 1400. The van der Waals surface area contributed by atoms with Crippen LogP contribution in [0.4, 0.5) is 5.69 Å². The second-order valence-corrected chi connectivity index (χ2v) is 11.9. The van der Waals surface area contributed by atoms with E-state index < -0.39 is 28.5 Å². The summed E-state index contributed by atoms with van der Waals surface area (Å²) in [5.41, 5.74) is 3.16. The molecule has 0 saturated carbocycles. The Kier molecular flexibility index (Phi) is 10.3. The van der Waals surface area contributed by atoms with Gasteiger partial charge in [-0.15, -0.1) is 0 Å². The van der Waals surface area contributed by atoms with Gasteiger partial charge in [-0.3, -0.25) is 13.9 Å². The zero-order chi connectivity index (χ0) is 29.4. The van der Waals surface area contributed by atoms with E-state index in [1.807, 2.05) is 58.9 Å². The first-order valence-corrected chi connectivity index (χ1v) is 14.8. The molecule has 0 heterocycles. The highest BCUT2D eigenvalue weighted by Gasteiger charge is 2.34. The molecule has 0 fully saturated rings. The largest absolute Gasteiger partial charge is 0.497 e. The van der Waals surface area contributed by atoms with Gasteiger partial charge in [0.2, 0.25) is 11.8 Å². The molecule has 40 heavy (non-hydrogen) atoms. The molecule has 3 aromatic rings. The Labute approximate surface area is 238 Å². The van der Waals surface area contributed by atoms with Crippen molar-refractivity contribution in [1.82, 2.24) is 10.2 Å². The number of amides is 2. The van der Waals surface area contributed by atoms with Crippen molar-refractivity contribution in [2.75, 3.05) is 18.0 Å². The number of methoxy groups -OCH3 is 1. The molecular formula is C31H39N3O5S. The van der Waals surface area contributed by atoms with Gasteiger partial charge in [-0.1, -0.05) is 48.9 Å². The van der Waals surface area contributed by atoms with Crippen LogP contribution in [0.5, 0.6) is 5.75 Å². The normalized spacial score (nSPS) is 12.1. The summed E-state index contributed by atoms with van der Waals surface area (Å²) in [7, 11) is -2.64. The lowest BCUT2D eigenvalue weighted by Crippen LogP contribution is -2.53. The fourth-order valence-corrected chi connectivity index (χ4v) is 5.80. The van der Waals surface area contributed by atoms with E-state index in [0.29, 0.717) is 17.9 Å². The van der Waals surface area contributed by atoms with E-state index >= 15 is 0 Å². The molecule has 0 radical (unpaired) electrons. The predicted octanol–water partition coefficient (Wildman–Crippen LogP) is 4.84. The molecule has 3 aromatic carbocycles. The number of aryl methyl sites for hydroxylation is 2. The van der Waals surface area contributed by atoms with Crippen LogP contribution < -0.4 is 14.4 Å². The van der Waals surface area contributed by atoms with Gasteiger partial charge in [-0.05, 0) is 81.6 Å². The molecule has 3 rings (SSSR count). The Balaban J connectivity index is 2.07. The van der Waals surface area contributed by atoms with Crippen LogP contribution in [-0.2, 0) is 26.2 Å². The van der Waals surface area contributed by atoms with E-state index in [2.05, 4.69) is 5.32 Å². The number of ether oxygens (including phenoxy) is 1. The van der Waals surface area contributed by atoms with E-state index in [1.165, 1.54) is 24.1 Å². The lowest BCUT2D eigenvalue weighted by Gasteiger charge is -2.34. The van der Waals surface area contributed by atoms with Crippen molar-refractivity contribution in [1.29, 1.82) is 0 Å². The van der Waals surface area contributed by atoms with Crippen molar-refractivity contribution in [3.8, 4) is 5.75 Å². The topological polar surface area (TPSA) is 96.0 Å². The van der Waals surface area contributed by atoms with Gasteiger partial charge in [-0.2, -0.15) is 0 Å². The number of sulfonamides is 1. The second-order valence-electron chi connectivity index (χ2n) is 10.1. The zero-order valence-electron chi connectivity index (χ0n) is 24.0. The molecule has 0 bridgehead atoms. The summed E-state index contributed by atoms with van der Waals surface area (Å²) < 4.78 is 34.2. The minimum atomic E-state index is -4.14. The van der Waals surface area contributed by atoms with Crippen LogP contribution in [0.2, 0.25) is 0 Å². The van der Waals surface area contributed by atoms with Gasteiger partial charge >= 0.3 is 0 Å². The van der Waals surface area contributed by atoms with E-state index in [4.69, 9.17) is 4.74 Å². The highest BCUT2D eigenvalue weighted by Crippen LogP contribution is 2.26. The van der Waals surface area contributed by atoms with Crippen LogP contribution in [0, 0.1) is 13.8 Å². The van der Waals surface area contributed by atoms with E-state index in [-0.39, 0.29) is 23.4 Å². The fourth-order valence-electron chi connectivity index (χ4n) is 4.39. The summed E-state index contributed by atoms with van der Waals surface area (Å²) in [5, 5.41) is 2.91. The number of rotatable bonds is 12. The molecule has 8 nitrogen and oxygen atoms in total. The first-order chi connectivity index (χ1) is 19.0.